The van der Waals surface area contributed by atoms with Crippen LogP contribution >= 0.6 is 23.6 Å². The largest absolute Gasteiger partial charge is 0.361 e. The summed E-state index contributed by atoms with van der Waals surface area (Å²) in [7, 11) is 0. The quantitative estimate of drug-likeness (QED) is 0.407. The predicted octanol–water partition coefficient (Wildman–Crippen LogP) is 2.91. The number of aromatic nitrogens is 1. The van der Waals surface area contributed by atoms with E-state index in [9.17, 15) is 4.79 Å². The second-order valence-electron chi connectivity index (χ2n) is 5.21. The van der Waals surface area contributed by atoms with Gasteiger partial charge in [0, 0.05) is 19.4 Å². The molecule has 23 heavy (non-hydrogen) atoms. The summed E-state index contributed by atoms with van der Waals surface area (Å²) in [5, 5.41) is 4.49. The molecule has 0 bridgehead atoms. The van der Waals surface area contributed by atoms with Crippen LogP contribution in [0.1, 0.15) is 37.6 Å². The first-order valence-electron chi connectivity index (χ1n) is 7.86. The van der Waals surface area contributed by atoms with Gasteiger partial charge in [0.15, 0.2) is 5.11 Å². The molecule has 1 heterocycles. The normalized spacial score (nSPS) is 10.5. The third-order valence-corrected chi connectivity index (χ3v) is 4.63. The van der Waals surface area contributed by atoms with Gasteiger partial charge >= 0.3 is 0 Å². The monoisotopic (exact) mass is 350 g/mol. The maximum atomic E-state index is 11.8. The predicted molar refractivity (Wildman–Crippen MR) is 99.3 cm³/mol. The van der Waals surface area contributed by atoms with Gasteiger partial charge < -0.3 is 5.32 Å². The fraction of sp³-hybridized carbons (Fsp3) is 0.438. The molecule has 0 aliphatic carbocycles. The number of hydrogen-bond acceptors (Lipinski definition) is 4. The Morgan fingerprint density at radius 1 is 1.26 bits per heavy atom. The summed E-state index contributed by atoms with van der Waals surface area (Å²) in [6.45, 7) is 2.98. The zero-order chi connectivity index (χ0) is 16.5. The molecule has 0 fully saturated rings. The minimum Gasteiger partial charge on any atom is -0.361 e. The summed E-state index contributed by atoms with van der Waals surface area (Å²) in [5.41, 5.74) is 6.33. The molecule has 0 spiro atoms. The van der Waals surface area contributed by atoms with Crippen molar-refractivity contribution in [1.29, 1.82) is 0 Å². The number of hydrazine groups is 1. The summed E-state index contributed by atoms with van der Waals surface area (Å²) in [5.74, 6) is -0.0954. The lowest BCUT2D eigenvalue weighted by Gasteiger charge is -2.11. The highest BCUT2D eigenvalue weighted by Crippen LogP contribution is 2.22. The molecule has 0 unspecified atom stereocenters. The molecular formula is C16H22N4OS2. The molecule has 0 aliphatic heterocycles. The number of hydrogen-bond donors (Lipinski definition) is 3. The Labute approximate surface area is 145 Å². The molecule has 2 rings (SSSR count). The Hall–Kier alpha value is -1.73. The summed E-state index contributed by atoms with van der Waals surface area (Å²) in [6, 6.07) is 7.99. The number of nitrogens with zero attached hydrogens (tertiary/aromatic N) is 1. The van der Waals surface area contributed by atoms with E-state index in [0.717, 1.165) is 28.2 Å². The van der Waals surface area contributed by atoms with E-state index in [4.69, 9.17) is 12.2 Å². The summed E-state index contributed by atoms with van der Waals surface area (Å²) >= 11 is 6.73. The molecule has 0 atom stereocenters. The first-order chi connectivity index (χ1) is 11.2. The SMILES string of the molecule is CCCCCNC(=S)NNC(=O)CCc1nc2ccccc2s1. The standard InChI is InChI=1S/C16H22N4OS2/c1-2-3-6-11-17-16(22)20-19-14(21)9-10-15-18-12-7-4-5-8-13(12)23-15/h4-5,7-8H,2-3,6,9-11H2,1H3,(H,19,21)(H2,17,20,22). The number of carbonyl (C=O) groups is 1. The summed E-state index contributed by atoms with van der Waals surface area (Å²) < 4.78 is 1.15. The number of benzene rings is 1. The van der Waals surface area contributed by atoms with E-state index in [-0.39, 0.29) is 5.91 Å². The molecule has 0 radical (unpaired) electrons. The molecule has 0 aliphatic rings. The lowest BCUT2D eigenvalue weighted by atomic mass is 10.2. The molecule has 5 nitrogen and oxygen atoms in total. The number of nitrogens with one attached hydrogen (secondary N) is 3. The number of rotatable bonds is 7. The second-order valence-corrected chi connectivity index (χ2v) is 6.73. The Morgan fingerprint density at radius 2 is 2.09 bits per heavy atom. The number of unbranched alkanes of at least 4 members (excludes halogenated alkanes) is 2. The second kappa shape index (κ2) is 9.42. The van der Waals surface area contributed by atoms with E-state index < -0.39 is 0 Å². The van der Waals surface area contributed by atoms with Gasteiger partial charge in [0.05, 0.1) is 15.2 Å². The number of fused-ring (bicyclic) bond motifs is 1. The van der Waals surface area contributed by atoms with Crippen molar-refractivity contribution in [3.63, 3.8) is 0 Å². The van der Waals surface area contributed by atoms with Crippen LogP contribution in [0.15, 0.2) is 24.3 Å². The van der Waals surface area contributed by atoms with Crippen molar-refractivity contribution in [1.82, 2.24) is 21.2 Å². The van der Waals surface area contributed by atoms with Crippen LogP contribution in [0.25, 0.3) is 10.2 Å². The maximum absolute atomic E-state index is 11.8. The van der Waals surface area contributed by atoms with Crippen molar-refractivity contribution in [2.75, 3.05) is 6.54 Å². The van der Waals surface area contributed by atoms with Crippen LogP contribution in [0, 0.1) is 0 Å². The van der Waals surface area contributed by atoms with Gasteiger partial charge in [-0.3, -0.25) is 15.6 Å². The molecule has 1 aromatic carbocycles. The van der Waals surface area contributed by atoms with Crippen molar-refractivity contribution in [2.24, 2.45) is 0 Å². The van der Waals surface area contributed by atoms with Crippen molar-refractivity contribution in [2.45, 2.75) is 39.0 Å². The lowest BCUT2D eigenvalue weighted by Crippen LogP contribution is -2.47. The Bertz CT molecular complexity index is 623. The van der Waals surface area contributed by atoms with Crippen molar-refractivity contribution < 1.29 is 4.79 Å². The van der Waals surface area contributed by atoms with E-state index in [0.29, 0.717) is 18.0 Å². The van der Waals surface area contributed by atoms with Gasteiger partial charge in [-0.25, -0.2) is 4.98 Å². The number of para-hydroxylation sites is 1. The average molecular weight is 351 g/mol. The third kappa shape index (κ3) is 6.11. The highest BCUT2D eigenvalue weighted by atomic mass is 32.1. The van der Waals surface area contributed by atoms with Gasteiger partial charge in [0.2, 0.25) is 5.91 Å². The Kier molecular flexibility index (Phi) is 7.22. The van der Waals surface area contributed by atoms with Crippen LogP contribution in [0.4, 0.5) is 0 Å². The van der Waals surface area contributed by atoms with Gasteiger partial charge in [0.1, 0.15) is 0 Å². The zero-order valence-corrected chi connectivity index (χ0v) is 14.9. The molecule has 124 valence electrons. The highest BCUT2D eigenvalue weighted by molar-refractivity contribution is 7.80. The Balaban J connectivity index is 1.65. The minimum absolute atomic E-state index is 0.0954. The number of carbonyl (C=O) groups excluding carboxylic acids is 1. The molecule has 7 heteroatoms. The number of aryl methyl sites for hydroxylation is 1. The topological polar surface area (TPSA) is 66.0 Å². The third-order valence-electron chi connectivity index (χ3n) is 3.29. The minimum atomic E-state index is -0.0954. The van der Waals surface area contributed by atoms with Crippen LogP contribution in [0.2, 0.25) is 0 Å². The highest BCUT2D eigenvalue weighted by Gasteiger charge is 2.07. The van der Waals surface area contributed by atoms with Crippen LogP contribution in [-0.4, -0.2) is 22.5 Å². The molecule has 2 aromatic rings. The van der Waals surface area contributed by atoms with Gasteiger partial charge in [-0.2, -0.15) is 0 Å². The van der Waals surface area contributed by atoms with Gasteiger partial charge in [-0.15, -0.1) is 11.3 Å². The molecular weight excluding hydrogens is 328 g/mol. The van der Waals surface area contributed by atoms with Crippen LogP contribution in [0.5, 0.6) is 0 Å². The van der Waals surface area contributed by atoms with E-state index in [1.165, 1.54) is 12.8 Å². The lowest BCUT2D eigenvalue weighted by molar-refractivity contribution is -0.121. The molecule has 3 N–H and O–H groups in total. The summed E-state index contributed by atoms with van der Waals surface area (Å²) in [4.78, 5) is 16.3. The average Bonchev–Trinajstić information content (AvgIpc) is 2.98. The maximum Gasteiger partial charge on any atom is 0.238 e. The molecule has 0 saturated heterocycles. The fourth-order valence-electron chi connectivity index (χ4n) is 2.06. The number of amides is 1. The van der Waals surface area contributed by atoms with Gasteiger partial charge in [-0.1, -0.05) is 31.9 Å². The van der Waals surface area contributed by atoms with Gasteiger partial charge in [-0.05, 0) is 30.8 Å². The summed E-state index contributed by atoms with van der Waals surface area (Å²) in [6.07, 6.45) is 4.42. The first-order valence-corrected chi connectivity index (χ1v) is 9.08. The van der Waals surface area contributed by atoms with Crippen LogP contribution in [0.3, 0.4) is 0 Å². The van der Waals surface area contributed by atoms with Crippen molar-refractivity contribution >= 4 is 44.8 Å². The fourth-order valence-corrected chi connectivity index (χ4v) is 3.18. The molecule has 1 aromatic heterocycles. The van der Waals surface area contributed by atoms with E-state index >= 15 is 0 Å². The molecule has 0 saturated carbocycles. The van der Waals surface area contributed by atoms with Crippen LogP contribution in [-0.2, 0) is 11.2 Å². The van der Waals surface area contributed by atoms with E-state index in [1.54, 1.807) is 11.3 Å². The number of thiocarbonyl (C=S) groups is 1. The van der Waals surface area contributed by atoms with Crippen molar-refractivity contribution in [3.05, 3.63) is 29.3 Å². The van der Waals surface area contributed by atoms with E-state index in [1.807, 2.05) is 24.3 Å². The zero-order valence-electron chi connectivity index (χ0n) is 13.2. The van der Waals surface area contributed by atoms with Crippen molar-refractivity contribution in [3.8, 4) is 0 Å². The molecule has 1 amide bonds. The van der Waals surface area contributed by atoms with Gasteiger partial charge in [0.25, 0.3) is 0 Å². The smallest absolute Gasteiger partial charge is 0.238 e. The van der Waals surface area contributed by atoms with E-state index in [2.05, 4.69) is 28.1 Å². The first kappa shape index (κ1) is 17.6. The number of thiazole rings is 1. The van der Waals surface area contributed by atoms with Crippen LogP contribution < -0.4 is 16.2 Å². The Morgan fingerprint density at radius 3 is 2.87 bits per heavy atom.